The van der Waals surface area contributed by atoms with E-state index in [1.807, 2.05) is 30.3 Å². The number of ether oxygens (including phenoxy) is 4. The molecule has 1 N–H and O–H groups in total. The summed E-state index contributed by atoms with van der Waals surface area (Å²) in [6, 6.07) is 13.0. The van der Waals surface area contributed by atoms with Crippen molar-refractivity contribution in [2.75, 3.05) is 14.2 Å². The number of rotatable bonds is 7. The number of pyridine rings is 1. The van der Waals surface area contributed by atoms with Gasteiger partial charge >= 0.3 is 11.9 Å². The van der Waals surface area contributed by atoms with E-state index in [4.69, 9.17) is 18.9 Å². The minimum Gasteiger partial charge on any atom is -0.493 e. The number of carbonyl (C=O) groups is 2. The SMILES string of the molecule is COc1ccc(-c2nc3c(c(C(=O)O)c2C)C(=O)OC3C)c(OCc2ccccc2)c1OC. The fraction of sp³-hybridized carbons (Fsp3) is 0.240. The molecule has 8 nitrogen and oxygen atoms in total. The predicted octanol–water partition coefficient (Wildman–Crippen LogP) is 4.58. The number of nitrogens with zero attached hydrogens (tertiary/aromatic N) is 1. The van der Waals surface area contributed by atoms with Crippen LogP contribution in [0.15, 0.2) is 42.5 Å². The third-order valence-electron chi connectivity index (χ3n) is 5.54. The topological polar surface area (TPSA) is 104 Å². The van der Waals surface area contributed by atoms with Crippen LogP contribution in [-0.4, -0.2) is 36.2 Å². The van der Waals surface area contributed by atoms with Crippen molar-refractivity contribution in [3.05, 3.63) is 70.4 Å². The van der Waals surface area contributed by atoms with Crippen molar-refractivity contribution < 1.29 is 33.6 Å². The summed E-state index contributed by atoms with van der Waals surface area (Å²) in [5.74, 6) is -0.764. The average molecular weight is 449 g/mol. The lowest BCUT2D eigenvalue weighted by Crippen LogP contribution is -2.12. The number of carbonyl (C=O) groups excluding carboxylic acids is 1. The summed E-state index contributed by atoms with van der Waals surface area (Å²) in [5.41, 5.74) is 2.27. The summed E-state index contributed by atoms with van der Waals surface area (Å²) in [6.07, 6.45) is -0.668. The van der Waals surface area contributed by atoms with Gasteiger partial charge in [0.1, 0.15) is 12.7 Å². The van der Waals surface area contributed by atoms with Crippen LogP contribution in [0, 0.1) is 6.92 Å². The number of carboxylic acids is 1. The van der Waals surface area contributed by atoms with Gasteiger partial charge < -0.3 is 24.1 Å². The Morgan fingerprint density at radius 2 is 1.82 bits per heavy atom. The molecule has 170 valence electrons. The number of fused-ring (bicyclic) bond motifs is 1. The van der Waals surface area contributed by atoms with Gasteiger partial charge in [-0.15, -0.1) is 0 Å². The molecule has 1 atom stereocenters. The van der Waals surface area contributed by atoms with E-state index >= 15 is 0 Å². The van der Waals surface area contributed by atoms with Crippen molar-refractivity contribution in [1.29, 1.82) is 0 Å². The lowest BCUT2D eigenvalue weighted by atomic mass is 9.95. The van der Waals surface area contributed by atoms with E-state index in [0.717, 1.165) is 5.56 Å². The van der Waals surface area contributed by atoms with Crippen LogP contribution >= 0.6 is 0 Å². The third kappa shape index (κ3) is 3.84. The first-order valence-electron chi connectivity index (χ1n) is 10.3. The quantitative estimate of drug-likeness (QED) is 0.523. The van der Waals surface area contributed by atoms with Crippen LogP contribution in [0.4, 0.5) is 0 Å². The number of cyclic esters (lactones) is 1. The molecule has 0 radical (unpaired) electrons. The minimum atomic E-state index is -1.23. The molecule has 2 aromatic carbocycles. The molecule has 4 rings (SSSR count). The van der Waals surface area contributed by atoms with Crippen LogP contribution in [0.5, 0.6) is 17.2 Å². The fourth-order valence-electron chi connectivity index (χ4n) is 3.96. The Hall–Kier alpha value is -4.07. The molecular formula is C25H23NO7. The van der Waals surface area contributed by atoms with Gasteiger partial charge in [0.05, 0.1) is 36.7 Å². The molecule has 33 heavy (non-hydrogen) atoms. The zero-order chi connectivity index (χ0) is 23.7. The number of hydrogen-bond acceptors (Lipinski definition) is 7. The second-order valence-corrected chi connectivity index (χ2v) is 7.53. The second-order valence-electron chi connectivity index (χ2n) is 7.53. The molecule has 1 aliphatic rings. The molecule has 0 bridgehead atoms. The normalized spacial score (nSPS) is 14.4. The summed E-state index contributed by atoms with van der Waals surface area (Å²) in [4.78, 5) is 29.1. The van der Waals surface area contributed by atoms with Crippen LogP contribution in [0.25, 0.3) is 11.3 Å². The molecule has 1 unspecified atom stereocenters. The Morgan fingerprint density at radius 3 is 2.45 bits per heavy atom. The van der Waals surface area contributed by atoms with Gasteiger partial charge in [-0.05, 0) is 37.1 Å². The van der Waals surface area contributed by atoms with Crippen molar-refractivity contribution in [2.24, 2.45) is 0 Å². The van der Waals surface area contributed by atoms with Gasteiger partial charge in [0.15, 0.2) is 11.5 Å². The largest absolute Gasteiger partial charge is 0.493 e. The number of aromatic carboxylic acids is 1. The van der Waals surface area contributed by atoms with E-state index in [9.17, 15) is 14.7 Å². The molecule has 2 heterocycles. The van der Waals surface area contributed by atoms with Crippen molar-refractivity contribution in [1.82, 2.24) is 4.98 Å². The van der Waals surface area contributed by atoms with Crippen LogP contribution in [0.1, 0.15) is 50.6 Å². The van der Waals surface area contributed by atoms with Crippen LogP contribution < -0.4 is 14.2 Å². The Morgan fingerprint density at radius 1 is 1.09 bits per heavy atom. The van der Waals surface area contributed by atoms with Crippen LogP contribution in [0.2, 0.25) is 0 Å². The third-order valence-corrected chi connectivity index (χ3v) is 5.54. The molecule has 1 aliphatic heterocycles. The van der Waals surface area contributed by atoms with E-state index in [0.29, 0.717) is 34.1 Å². The van der Waals surface area contributed by atoms with Crippen molar-refractivity contribution in [3.8, 4) is 28.5 Å². The van der Waals surface area contributed by atoms with Gasteiger partial charge in [-0.25, -0.2) is 14.6 Å². The van der Waals surface area contributed by atoms with Gasteiger partial charge in [-0.1, -0.05) is 30.3 Å². The maximum Gasteiger partial charge on any atom is 0.341 e. The Labute approximate surface area is 190 Å². The van der Waals surface area contributed by atoms with Gasteiger partial charge in [-0.2, -0.15) is 0 Å². The van der Waals surface area contributed by atoms with E-state index in [1.54, 1.807) is 26.0 Å². The van der Waals surface area contributed by atoms with E-state index in [1.165, 1.54) is 14.2 Å². The van der Waals surface area contributed by atoms with Crippen LogP contribution in [-0.2, 0) is 11.3 Å². The zero-order valence-electron chi connectivity index (χ0n) is 18.7. The van der Waals surface area contributed by atoms with Gasteiger partial charge in [0.2, 0.25) is 5.75 Å². The Kier molecular flexibility index (Phi) is 5.91. The second kappa shape index (κ2) is 8.82. The highest BCUT2D eigenvalue weighted by Crippen LogP contribution is 2.46. The molecular weight excluding hydrogens is 426 g/mol. The number of benzene rings is 2. The molecule has 0 amide bonds. The highest BCUT2D eigenvalue weighted by atomic mass is 16.6. The molecule has 0 saturated carbocycles. The monoisotopic (exact) mass is 449 g/mol. The fourth-order valence-corrected chi connectivity index (χ4v) is 3.96. The minimum absolute atomic E-state index is 0.0107. The lowest BCUT2D eigenvalue weighted by molar-refractivity contribution is 0.0413. The molecule has 0 saturated heterocycles. The first kappa shape index (κ1) is 22.1. The standard InChI is InChI=1S/C25H23NO7/c1-13-18(24(27)28)19-21(14(2)33-25(19)29)26-20(13)16-10-11-17(30-3)23(31-4)22(16)32-12-15-8-6-5-7-9-15/h5-11,14H,12H2,1-4H3,(H,27,28). The lowest BCUT2D eigenvalue weighted by Gasteiger charge is -2.19. The Bertz CT molecular complexity index is 1240. The van der Waals surface area contributed by atoms with E-state index in [-0.39, 0.29) is 23.4 Å². The number of aromatic nitrogens is 1. The smallest absolute Gasteiger partial charge is 0.341 e. The summed E-state index contributed by atoms with van der Waals surface area (Å²) >= 11 is 0. The molecule has 0 spiro atoms. The average Bonchev–Trinajstić information content (AvgIpc) is 3.09. The van der Waals surface area contributed by atoms with E-state index in [2.05, 4.69) is 4.98 Å². The number of hydrogen-bond donors (Lipinski definition) is 1. The summed E-state index contributed by atoms with van der Waals surface area (Å²) in [5, 5.41) is 9.90. The van der Waals surface area contributed by atoms with Crippen molar-refractivity contribution in [2.45, 2.75) is 26.6 Å². The Balaban J connectivity index is 1.94. The van der Waals surface area contributed by atoms with Crippen LogP contribution in [0.3, 0.4) is 0 Å². The first-order chi connectivity index (χ1) is 15.9. The summed E-state index contributed by atoms with van der Waals surface area (Å²) < 4.78 is 22.4. The van der Waals surface area contributed by atoms with Gasteiger partial charge in [0.25, 0.3) is 0 Å². The number of methoxy groups -OCH3 is 2. The highest BCUT2D eigenvalue weighted by Gasteiger charge is 2.37. The predicted molar refractivity (Wildman–Crippen MR) is 119 cm³/mol. The summed E-state index contributed by atoms with van der Waals surface area (Å²) in [7, 11) is 3.02. The summed E-state index contributed by atoms with van der Waals surface area (Å²) in [6.45, 7) is 3.51. The number of carboxylic acid groups (broad SMARTS) is 1. The van der Waals surface area contributed by atoms with Gasteiger partial charge in [-0.3, -0.25) is 0 Å². The maximum atomic E-state index is 12.3. The van der Waals surface area contributed by atoms with E-state index < -0.39 is 18.0 Å². The molecule has 1 aromatic heterocycles. The van der Waals surface area contributed by atoms with Gasteiger partial charge in [0, 0.05) is 5.56 Å². The van der Waals surface area contributed by atoms with Crippen molar-refractivity contribution in [3.63, 3.8) is 0 Å². The zero-order valence-corrected chi connectivity index (χ0v) is 18.7. The maximum absolute atomic E-state index is 12.3. The highest BCUT2D eigenvalue weighted by molar-refractivity contribution is 6.07. The molecule has 8 heteroatoms. The molecule has 3 aromatic rings. The van der Waals surface area contributed by atoms with Crippen molar-refractivity contribution >= 4 is 11.9 Å². The number of esters is 1. The first-order valence-corrected chi connectivity index (χ1v) is 10.3. The molecule has 0 aliphatic carbocycles. The molecule has 0 fully saturated rings.